The van der Waals surface area contributed by atoms with Crippen molar-refractivity contribution in [3.63, 3.8) is 0 Å². The molecule has 3 aliphatic heterocycles. The third kappa shape index (κ3) is 4.11. The molecular formula is C23H28N4O5. The maximum Gasteiger partial charge on any atom is 0.262 e. The number of nitrogens with one attached hydrogen (secondary N) is 1. The molecule has 3 heterocycles. The molecule has 1 N–H and O–H groups in total. The van der Waals surface area contributed by atoms with Gasteiger partial charge in [0.05, 0.1) is 17.0 Å². The van der Waals surface area contributed by atoms with Gasteiger partial charge in [0, 0.05) is 38.1 Å². The Kier molecular flexibility index (Phi) is 5.99. The summed E-state index contributed by atoms with van der Waals surface area (Å²) in [6.07, 6.45) is 1.44. The van der Waals surface area contributed by atoms with Crippen LogP contribution in [0.25, 0.3) is 0 Å². The van der Waals surface area contributed by atoms with Gasteiger partial charge in [-0.3, -0.25) is 28.9 Å². The first-order valence-electron chi connectivity index (χ1n) is 11.1. The molecule has 0 bridgehead atoms. The van der Waals surface area contributed by atoms with Gasteiger partial charge in [0.15, 0.2) is 0 Å². The fourth-order valence-corrected chi connectivity index (χ4v) is 4.70. The molecule has 9 heteroatoms. The molecule has 0 aromatic heterocycles. The highest BCUT2D eigenvalue weighted by Gasteiger charge is 2.39. The van der Waals surface area contributed by atoms with Crippen LogP contribution in [0.3, 0.4) is 0 Å². The van der Waals surface area contributed by atoms with Crippen LogP contribution in [0.5, 0.6) is 0 Å². The van der Waals surface area contributed by atoms with Gasteiger partial charge in [0.1, 0.15) is 6.54 Å². The summed E-state index contributed by atoms with van der Waals surface area (Å²) in [5.41, 5.74) is 0.636. The van der Waals surface area contributed by atoms with Crippen LogP contribution in [0.4, 0.5) is 0 Å². The molecule has 0 aliphatic carbocycles. The number of carbonyl (C=O) groups is 5. The summed E-state index contributed by atoms with van der Waals surface area (Å²) in [7, 11) is 0. The zero-order chi connectivity index (χ0) is 23.0. The van der Waals surface area contributed by atoms with Crippen LogP contribution in [0.2, 0.25) is 0 Å². The van der Waals surface area contributed by atoms with E-state index in [4.69, 9.17) is 0 Å². The first-order valence-corrected chi connectivity index (χ1v) is 11.1. The SMILES string of the molecule is CC(C)N1CC(C(=O)N2CCC(NC(=O)CN3C(=O)c4ccccc4C3=O)CC2)CC1=O. The Hall–Kier alpha value is -3.23. The molecule has 1 unspecified atom stereocenters. The highest BCUT2D eigenvalue weighted by molar-refractivity contribution is 6.22. The Labute approximate surface area is 186 Å². The average Bonchev–Trinajstić information content (AvgIpc) is 3.28. The Morgan fingerprint density at radius 2 is 1.62 bits per heavy atom. The third-order valence-corrected chi connectivity index (χ3v) is 6.48. The van der Waals surface area contributed by atoms with E-state index < -0.39 is 17.7 Å². The second-order valence-electron chi connectivity index (χ2n) is 8.95. The normalized spacial score (nSPS) is 21.5. The Balaban J connectivity index is 1.25. The molecule has 2 saturated heterocycles. The van der Waals surface area contributed by atoms with Crippen LogP contribution in [-0.4, -0.2) is 82.5 Å². The fourth-order valence-electron chi connectivity index (χ4n) is 4.70. The molecule has 0 spiro atoms. The number of fused-ring (bicyclic) bond motifs is 1. The number of hydrogen-bond donors (Lipinski definition) is 1. The van der Waals surface area contributed by atoms with E-state index in [2.05, 4.69) is 5.32 Å². The molecule has 4 rings (SSSR count). The standard InChI is InChI=1S/C23H28N4O5/c1-14(2)26-12-15(11-20(26)29)21(30)25-9-7-16(8-10-25)24-19(28)13-27-22(31)17-5-3-4-6-18(17)23(27)32/h3-6,14-16H,7-13H2,1-2H3,(H,24,28). The smallest absolute Gasteiger partial charge is 0.262 e. The zero-order valence-electron chi connectivity index (χ0n) is 18.4. The summed E-state index contributed by atoms with van der Waals surface area (Å²) in [6.45, 7) is 5.04. The minimum Gasteiger partial charge on any atom is -0.352 e. The van der Waals surface area contributed by atoms with Gasteiger partial charge in [0.2, 0.25) is 17.7 Å². The lowest BCUT2D eigenvalue weighted by Gasteiger charge is -2.34. The summed E-state index contributed by atoms with van der Waals surface area (Å²) in [5.74, 6) is -1.58. The van der Waals surface area contributed by atoms with Gasteiger partial charge >= 0.3 is 0 Å². The first-order chi connectivity index (χ1) is 15.3. The minimum atomic E-state index is -0.456. The van der Waals surface area contributed by atoms with Crippen LogP contribution < -0.4 is 5.32 Å². The summed E-state index contributed by atoms with van der Waals surface area (Å²) < 4.78 is 0. The van der Waals surface area contributed by atoms with Crippen LogP contribution in [-0.2, 0) is 14.4 Å². The third-order valence-electron chi connectivity index (χ3n) is 6.48. The second-order valence-corrected chi connectivity index (χ2v) is 8.95. The molecule has 1 aromatic carbocycles. The number of likely N-dealkylation sites (tertiary alicyclic amines) is 2. The van der Waals surface area contributed by atoms with E-state index in [0.717, 1.165) is 4.90 Å². The molecule has 0 radical (unpaired) electrons. The molecule has 5 amide bonds. The topological polar surface area (TPSA) is 107 Å². The molecule has 9 nitrogen and oxygen atoms in total. The second kappa shape index (κ2) is 8.72. The lowest BCUT2D eigenvalue weighted by molar-refractivity contribution is -0.137. The molecule has 3 aliphatic rings. The molecule has 32 heavy (non-hydrogen) atoms. The van der Waals surface area contributed by atoms with Gasteiger partial charge in [-0.2, -0.15) is 0 Å². The van der Waals surface area contributed by atoms with Gasteiger partial charge in [-0.1, -0.05) is 12.1 Å². The van der Waals surface area contributed by atoms with E-state index in [1.165, 1.54) is 0 Å². The Morgan fingerprint density at radius 1 is 1.03 bits per heavy atom. The summed E-state index contributed by atoms with van der Waals surface area (Å²) in [4.78, 5) is 66.8. The van der Waals surface area contributed by atoms with Crippen LogP contribution >= 0.6 is 0 Å². The van der Waals surface area contributed by atoms with Gasteiger partial charge in [-0.25, -0.2) is 0 Å². The van der Waals surface area contributed by atoms with Gasteiger partial charge < -0.3 is 15.1 Å². The van der Waals surface area contributed by atoms with Gasteiger partial charge in [0.25, 0.3) is 11.8 Å². The molecule has 2 fully saturated rings. The lowest BCUT2D eigenvalue weighted by Crippen LogP contribution is -2.50. The maximum atomic E-state index is 12.8. The van der Waals surface area contributed by atoms with E-state index in [-0.39, 0.29) is 42.8 Å². The van der Waals surface area contributed by atoms with Gasteiger partial charge in [-0.15, -0.1) is 0 Å². The van der Waals surface area contributed by atoms with E-state index >= 15 is 0 Å². The van der Waals surface area contributed by atoms with E-state index in [1.807, 2.05) is 13.8 Å². The van der Waals surface area contributed by atoms with Crippen molar-refractivity contribution in [3.05, 3.63) is 35.4 Å². The quantitative estimate of drug-likeness (QED) is 0.677. The number of carbonyl (C=O) groups excluding carboxylic acids is 5. The van der Waals surface area contributed by atoms with Crippen molar-refractivity contribution in [2.45, 2.75) is 45.2 Å². The van der Waals surface area contributed by atoms with Crippen molar-refractivity contribution in [3.8, 4) is 0 Å². The highest BCUT2D eigenvalue weighted by Crippen LogP contribution is 2.24. The predicted octanol–water partition coefficient (Wildman–Crippen LogP) is 0.647. The summed E-state index contributed by atoms with van der Waals surface area (Å²) >= 11 is 0. The van der Waals surface area contributed by atoms with Crippen LogP contribution in [0, 0.1) is 5.92 Å². The van der Waals surface area contributed by atoms with E-state index in [9.17, 15) is 24.0 Å². The van der Waals surface area contributed by atoms with Crippen molar-refractivity contribution >= 4 is 29.5 Å². The lowest BCUT2D eigenvalue weighted by atomic mass is 10.0. The first kappa shape index (κ1) is 22.0. The van der Waals surface area contributed by atoms with Crippen molar-refractivity contribution in [2.75, 3.05) is 26.2 Å². The molecule has 1 aromatic rings. The number of nitrogens with zero attached hydrogens (tertiary/aromatic N) is 3. The summed E-state index contributed by atoms with van der Waals surface area (Å²) in [6, 6.07) is 6.49. The fraction of sp³-hybridized carbons (Fsp3) is 0.522. The number of rotatable bonds is 5. The highest BCUT2D eigenvalue weighted by atomic mass is 16.2. The minimum absolute atomic E-state index is 0.00250. The van der Waals surface area contributed by atoms with Crippen molar-refractivity contribution in [1.29, 1.82) is 0 Å². The number of amides is 5. The van der Waals surface area contributed by atoms with E-state index in [1.54, 1.807) is 34.1 Å². The number of hydrogen-bond acceptors (Lipinski definition) is 5. The van der Waals surface area contributed by atoms with Crippen molar-refractivity contribution in [1.82, 2.24) is 20.0 Å². The Bertz CT molecular complexity index is 932. The number of piperidine rings is 1. The number of imide groups is 1. The monoisotopic (exact) mass is 440 g/mol. The van der Waals surface area contributed by atoms with Crippen molar-refractivity contribution < 1.29 is 24.0 Å². The predicted molar refractivity (Wildman–Crippen MR) is 115 cm³/mol. The largest absolute Gasteiger partial charge is 0.352 e. The van der Waals surface area contributed by atoms with Crippen molar-refractivity contribution in [2.24, 2.45) is 5.92 Å². The maximum absolute atomic E-state index is 12.8. The average molecular weight is 441 g/mol. The molecule has 1 atom stereocenters. The van der Waals surface area contributed by atoms with E-state index in [0.29, 0.717) is 43.6 Å². The summed E-state index contributed by atoms with van der Waals surface area (Å²) in [5, 5.41) is 2.89. The van der Waals surface area contributed by atoms with Crippen LogP contribution in [0.15, 0.2) is 24.3 Å². The van der Waals surface area contributed by atoms with Crippen LogP contribution in [0.1, 0.15) is 53.8 Å². The molecule has 0 saturated carbocycles. The zero-order valence-corrected chi connectivity index (χ0v) is 18.4. The number of benzene rings is 1. The Morgan fingerprint density at radius 3 is 2.16 bits per heavy atom. The van der Waals surface area contributed by atoms with Gasteiger partial charge in [-0.05, 0) is 38.8 Å². The molecule has 170 valence electrons. The molecular weight excluding hydrogens is 412 g/mol.